The Bertz CT molecular complexity index is 337. The summed E-state index contributed by atoms with van der Waals surface area (Å²) in [7, 11) is 0. The lowest BCUT2D eigenvalue weighted by Crippen LogP contribution is -2.42. The van der Waals surface area contributed by atoms with Gasteiger partial charge in [-0.1, -0.05) is 24.3 Å². The summed E-state index contributed by atoms with van der Waals surface area (Å²) in [6.45, 7) is 2.59. The minimum Gasteiger partial charge on any atom is -0.338 e. The van der Waals surface area contributed by atoms with Crippen LogP contribution in [-0.4, -0.2) is 18.6 Å². The van der Waals surface area contributed by atoms with Gasteiger partial charge in [0.2, 0.25) is 0 Å². The van der Waals surface area contributed by atoms with Crippen LogP contribution in [0.5, 0.6) is 0 Å². The van der Waals surface area contributed by atoms with E-state index in [2.05, 4.69) is 22.8 Å². The summed E-state index contributed by atoms with van der Waals surface area (Å²) in [5.41, 5.74) is 2.72. The smallest absolute Gasteiger partial charge is 0.315 e. The lowest BCUT2D eigenvalue weighted by molar-refractivity contribution is 0.238. The van der Waals surface area contributed by atoms with Crippen LogP contribution >= 0.6 is 0 Å². The third-order valence-electron chi connectivity index (χ3n) is 2.72. The van der Waals surface area contributed by atoms with Crippen LogP contribution in [0.25, 0.3) is 0 Å². The van der Waals surface area contributed by atoms with Crippen molar-refractivity contribution in [2.75, 3.05) is 6.54 Å². The van der Waals surface area contributed by atoms with Gasteiger partial charge in [-0.2, -0.15) is 0 Å². The molecule has 1 aromatic carbocycles. The van der Waals surface area contributed by atoms with Gasteiger partial charge in [-0.15, -0.1) is 0 Å². The molecule has 15 heavy (non-hydrogen) atoms. The van der Waals surface area contributed by atoms with Crippen molar-refractivity contribution >= 4 is 6.03 Å². The van der Waals surface area contributed by atoms with Crippen LogP contribution < -0.4 is 10.6 Å². The minimum atomic E-state index is -0.0599. The number of benzene rings is 1. The Kier molecular flexibility index (Phi) is 2.90. The second-order valence-electron chi connectivity index (χ2n) is 3.88. The van der Waals surface area contributed by atoms with E-state index < -0.39 is 0 Å². The van der Waals surface area contributed by atoms with Crippen LogP contribution in [0, 0.1) is 0 Å². The van der Waals surface area contributed by atoms with Crippen molar-refractivity contribution in [1.29, 1.82) is 0 Å². The zero-order valence-corrected chi connectivity index (χ0v) is 8.92. The number of rotatable bonds is 2. The maximum atomic E-state index is 11.3. The van der Waals surface area contributed by atoms with Gasteiger partial charge < -0.3 is 10.6 Å². The van der Waals surface area contributed by atoms with E-state index >= 15 is 0 Å². The average molecular weight is 204 g/mol. The predicted octanol–water partition coefficient (Wildman–Crippen LogP) is 1.47. The van der Waals surface area contributed by atoms with E-state index in [4.69, 9.17) is 0 Å². The summed E-state index contributed by atoms with van der Waals surface area (Å²) in [6.07, 6.45) is 1.90. The Hall–Kier alpha value is -1.51. The molecule has 0 radical (unpaired) electrons. The molecule has 1 aromatic rings. The molecule has 0 saturated carbocycles. The lowest BCUT2D eigenvalue weighted by atomic mass is 10.1. The molecule has 0 spiro atoms. The van der Waals surface area contributed by atoms with Gasteiger partial charge in [0, 0.05) is 12.6 Å². The summed E-state index contributed by atoms with van der Waals surface area (Å²) in [5, 5.41) is 5.73. The highest BCUT2D eigenvalue weighted by Gasteiger charge is 2.21. The maximum absolute atomic E-state index is 11.3. The van der Waals surface area contributed by atoms with Crippen LogP contribution in [0.4, 0.5) is 4.79 Å². The van der Waals surface area contributed by atoms with Crippen molar-refractivity contribution in [3.63, 3.8) is 0 Å². The predicted molar refractivity (Wildman–Crippen MR) is 59.8 cm³/mol. The second kappa shape index (κ2) is 4.34. The molecule has 2 amide bonds. The molecule has 2 N–H and O–H groups in total. The zero-order chi connectivity index (χ0) is 10.7. The van der Waals surface area contributed by atoms with Gasteiger partial charge in [-0.05, 0) is 30.9 Å². The minimum absolute atomic E-state index is 0.0599. The highest BCUT2D eigenvalue weighted by Crippen LogP contribution is 2.21. The summed E-state index contributed by atoms with van der Waals surface area (Å²) in [4.78, 5) is 11.3. The van der Waals surface area contributed by atoms with Crippen molar-refractivity contribution in [3.05, 3.63) is 35.4 Å². The molecule has 0 unspecified atom stereocenters. The van der Waals surface area contributed by atoms with E-state index in [1.807, 2.05) is 19.1 Å². The molecule has 2 rings (SSSR count). The maximum Gasteiger partial charge on any atom is 0.315 e. The monoisotopic (exact) mass is 204 g/mol. The first-order valence-corrected chi connectivity index (χ1v) is 5.40. The van der Waals surface area contributed by atoms with E-state index in [0.29, 0.717) is 6.54 Å². The van der Waals surface area contributed by atoms with Gasteiger partial charge in [0.05, 0.1) is 0 Å². The Balaban J connectivity index is 1.93. The van der Waals surface area contributed by atoms with Crippen molar-refractivity contribution in [3.8, 4) is 0 Å². The van der Waals surface area contributed by atoms with Gasteiger partial charge in [-0.25, -0.2) is 4.79 Å². The van der Waals surface area contributed by atoms with Gasteiger partial charge in [0.15, 0.2) is 0 Å². The molecule has 0 atom stereocenters. The van der Waals surface area contributed by atoms with E-state index in [1.165, 1.54) is 11.1 Å². The number of amides is 2. The normalized spacial score (nSPS) is 14.7. The Morgan fingerprint density at radius 1 is 1.33 bits per heavy atom. The van der Waals surface area contributed by atoms with E-state index in [1.54, 1.807) is 0 Å². The van der Waals surface area contributed by atoms with Crippen molar-refractivity contribution < 1.29 is 4.79 Å². The van der Waals surface area contributed by atoms with Gasteiger partial charge >= 0.3 is 6.03 Å². The van der Waals surface area contributed by atoms with Crippen LogP contribution in [0.3, 0.4) is 0 Å². The first-order chi connectivity index (χ1) is 7.29. The standard InChI is InChI=1S/C12H16N2O/c1-2-13-12(15)14-11-7-9-5-3-4-6-10(9)8-11/h3-6,11H,2,7-8H2,1H3,(H2,13,14,15). The topological polar surface area (TPSA) is 41.1 Å². The molecule has 0 bridgehead atoms. The van der Waals surface area contributed by atoms with E-state index in [-0.39, 0.29) is 12.1 Å². The third kappa shape index (κ3) is 2.29. The van der Waals surface area contributed by atoms with Crippen molar-refractivity contribution in [2.24, 2.45) is 0 Å². The van der Waals surface area contributed by atoms with E-state index in [9.17, 15) is 4.79 Å². The molecular formula is C12H16N2O. The molecular weight excluding hydrogens is 188 g/mol. The highest BCUT2D eigenvalue weighted by molar-refractivity contribution is 5.74. The summed E-state index contributed by atoms with van der Waals surface area (Å²) in [6, 6.07) is 8.56. The number of fused-ring (bicyclic) bond motifs is 1. The number of hydrogen-bond donors (Lipinski definition) is 2. The van der Waals surface area contributed by atoms with Crippen LogP contribution in [0.15, 0.2) is 24.3 Å². The molecule has 0 heterocycles. The molecule has 1 aliphatic rings. The Labute approximate surface area is 89.9 Å². The molecule has 3 nitrogen and oxygen atoms in total. The quantitative estimate of drug-likeness (QED) is 0.752. The van der Waals surface area contributed by atoms with E-state index in [0.717, 1.165) is 12.8 Å². The molecule has 0 saturated heterocycles. The molecule has 3 heteroatoms. The SMILES string of the molecule is CCNC(=O)NC1Cc2ccccc2C1. The number of nitrogens with one attached hydrogen (secondary N) is 2. The van der Waals surface area contributed by atoms with Crippen LogP contribution in [-0.2, 0) is 12.8 Å². The van der Waals surface area contributed by atoms with Gasteiger partial charge in [0.1, 0.15) is 0 Å². The molecule has 0 aliphatic heterocycles. The molecule has 0 aromatic heterocycles. The fourth-order valence-electron chi connectivity index (χ4n) is 2.06. The van der Waals surface area contributed by atoms with Gasteiger partial charge in [0.25, 0.3) is 0 Å². The summed E-state index contributed by atoms with van der Waals surface area (Å²) in [5.74, 6) is 0. The fourth-order valence-corrected chi connectivity index (χ4v) is 2.06. The van der Waals surface area contributed by atoms with Gasteiger partial charge in [-0.3, -0.25) is 0 Å². The molecule has 1 aliphatic carbocycles. The summed E-state index contributed by atoms with van der Waals surface area (Å²) >= 11 is 0. The van der Waals surface area contributed by atoms with Crippen LogP contribution in [0.1, 0.15) is 18.1 Å². The molecule has 0 fully saturated rings. The Morgan fingerprint density at radius 3 is 2.47 bits per heavy atom. The fraction of sp³-hybridized carbons (Fsp3) is 0.417. The second-order valence-corrected chi connectivity index (χ2v) is 3.88. The van der Waals surface area contributed by atoms with Crippen molar-refractivity contribution in [2.45, 2.75) is 25.8 Å². The summed E-state index contributed by atoms with van der Waals surface area (Å²) < 4.78 is 0. The molecule has 80 valence electrons. The number of carbonyl (C=O) groups excluding carboxylic acids is 1. The highest BCUT2D eigenvalue weighted by atomic mass is 16.2. The van der Waals surface area contributed by atoms with Crippen molar-refractivity contribution in [1.82, 2.24) is 10.6 Å². The number of hydrogen-bond acceptors (Lipinski definition) is 1. The largest absolute Gasteiger partial charge is 0.338 e. The first-order valence-electron chi connectivity index (χ1n) is 5.40. The third-order valence-corrected chi connectivity index (χ3v) is 2.72. The Morgan fingerprint density at radius 2 is 1.93 bits per heavy atom. The number of carbonyl (C=O) groups is 1. The average Bonchev–Trinajstić information content (AvgIpc) is 2.59. The lowest BCUT2D eigenvalue weighted by Gasteiger charge is -2.11. The zero-order valence-electron chi connectivity index (χ0n) is 8.92. The first kappa shape index (κ1) is 10.0. The number of urea groups is 1. The van der Waals surface area contributed by atoms with Crippen LogP contribution in [0.2, 0.25) is 0 Å².